The molecular weight excluding hydrogens is 582 g/mol. The molecule has 3 aliphatic heterocycles. The molecular formula is C41H55N3O3. The average molecular weight is 638 g/mol. The van der Waals surface area contributed by atoms with E-state index in [2.05, 4.69) is 84.2 Å². The monoisotopic (exact) mass is 637 g/mol. The Bertz CT molecular complexity index is 1470. The molecule has 3 aromatic rings. The fourth-order valence-electron chi connectivity index (χ4n) is 7.41. The molecule has 1 spiro atoms. The van der Waals surface area contributed by atoms with Gasteiger partial charge in [0.25, 0.3) is 0 Å². The molecule has 1 aromatic heterocycles. The molecule has 7 rings (SSSR count). The Hall–Kier alpha value is -3.19. The number of hydrogen-bond acceptors (Lipinski definition) is 6. The standard InChI is InChI=1S/C28H35NO.C11H14N2O2.C2H6/c1-20(2)22-10-12-24(13-11-22)27(23-8-6-21(3)7-9-23)25-15-28(16-25)18-29(19-28)17-26-5-4-14-30-26;1-8(14)10-2-5-12-11(13-10)9-3-6-15-7-4-9;1-2/h6-13,20,26H,4-5,14-19H2,1-3H3;2,5,9H,3-4,6-7H2,1H3;1-2H3. The van der Waals surface area contributed by atoms with Gasteiger partial charge in [-0.05, 0) is 79.7 Å². The second-order valence-corrected chi connectivity index (χ2v) is 14.0. The number of rotatable bonds is 7. The van der Waals surface area contributed by atoms with Crippen LogP contribution in [-0.4, -0.2) is 66.2 Å². The number of aromatic nitrogens is 2. The summed E-state index contributed by atoms with van der Waals surface area (Å²) in [6.07, 6.45) is 9.04. The number of carbonyl (C=O) groups excluding carboxylic acids is 1. The van der Waals surface area contributed by atoms with E-state index >= 15 is 0 Å². The molecule has 3 saturated heterocycles. The molecule has 4 heterocycles. The number of benzene rings is 2. The largest absolute Gasteiger partial charge is 0.381 e. The van der Waals surface area contributed by atoms with E-state index in [1.807, 2.05) is 13.8 Å². The van der Waals surface area contributed by atoms with Crippen molar-refractivity contribution in [3.63, 3.8) is 0 Å². The van der Waals surface area contributed by atoms with Gasteiger partial charge in [-0.3, -0.25) is 9.69 Å². The molecule has 0 radical (unpaired) electrons. The predicted octanol–water partition coefficient (Wildman–Crippen LogP) is 8.79. The van der Waals surface area contributed by atoms with Crippen LogP contribution in [0.25, 0.3) is 5.57 Å². The molecule has 4 aliphatic rings. The van der Waals surface area contributed by atoms with E-state index in [1.165, 1.54) is 73.5 Å². The van der Waals surface area contributed by atoms with Crippen LogP contribution >= 0.6 is 0 Å². The van der Waals surface area contributed by atoms with E-state index in [0.29, 0.717) is 29.0 Å². The van der Waals surface area contributed by atoms with Gasteiger partial charge < -0.3 is 9.47 Å². The van der Waals surface area contributed by atoms with Crippen molar-refractivity contribution in [3.8, 4) is 0 Å². The smallest absolute Gasteiger partial charge is 0.178 e. The summed E-state index contributed by atoms with van der Waals surface area (Å²) in [7, 11) is 0. The van der Waals surface area contributed by atoms with E-state index < -0.39 is 0 Å². The molecule has 6 heteroatoms. The Kier molecular flexibility index (Phi) is 12.2. The molecule has 1 atom stereocenters. The molecule has 1 saturated carbocycles. The van der Waals surface area contributed by atoms with Crippen molar-refractivity contribution in [1.29, 1.82) is 0 Å². The van der Waals surface area contributed by atoms with Crippen molar-refractivity contribution in [1.82, 2.24) is 14.9 Å². The van der Waals surface area contributed by atoms with Crippen LogP contribution in [0.2, 0.25) is 0 Å². The quantitative estimate of drug-likeness (QED) is 0.241. The number of hydrogen-bond donors (Lipinski definition) is 0. The van der Waals surface area contributed by atoms with Gasteiger partial charge >= 0.3 is 0 Å². The summed E-state index contributed by atoms with van der Waals surface area (Å²) < 4.78 is 11.1. The lowest BCUT2D eigenvalue weighted by Crippen LogP contribution is -2.61. The van der Waals surface area contributed by atoms with Crippen LogP contribution < -0.4 is 0 Å². The summed E-state index contributed by atoms with van der Waals surface area (Å²) in [6, 6.07) is 20.1. The summed E-state index contributed by atoms with van der Waals surface area (Å²) in [6.45, 7) is 18.4. The summed E-state index contributed by atoms with van der Waals surface area (Å²) in [5.74, 6) is 1.70. The Labute approximate surface area is 283 Å². The first-order valence-corrected chi connectivity index (χ1v) is 17.9. The van der Waals surface area contributed by atoms with Gasteiger partial charge in [-0.2, -0.15) is 0 Å². The lowest BCUT2D eigenvalue weighted by Gasteiger charge is -2.58. The van der Waals surface area contributed by atoms with Gasteiger partial charge in [0.05, 0.1) is 6.10 Å². The number of Topliss-reactive ketones (excluding diaryl/α,β-unsaturated/α-hetero) is 1. The summed E-state index contributed by atoms with van der Waals surface area (Å²) in [5, 5.41) is 0. The first-order valence-electron chi connectivity index (χ1n) is 17.9. The minimum atomic E-state index is -0.00860. The van der Waals surface area contributed by atoms with Gasteiger partial charge in [0, 0.05) is 63.9 Å². The van der Waals surface area contributed by atoms with Crippen molar-refractivity contribution in [2.24, 2.45) is 5.41 Å². The van der Waals surface area contributed by atoms with E-state index in [9.17, 15) is 4.79 Å². The van der Waals surface area contributed by atoms with Crippen LogP contribution in [0.4, 0.5) is 0 Å². The van der Waals surface area contributed by atoms with Gasteiger partial charge in [0.2, 0.25) is 0 Å². The number of aryl methyl sites for hydroxylation is 1. The molecule has 4 fully saturated rings. The topological polar surface area (TPSA) is 64.5 Å². The SMILES string of the molecule is CC.CC(=O)c1ccnc(C2CCOCC2)n1.Cc1ccc(C(=C2CC3(C2)CN(CC2CCCO2)C3)c2ccc(C(C)C)cc2)cc1. The number of likely N-dealkylation sites (tertiary alicyclic amines) is 1. The van der Waals surface area contributed by atoms with Crippen molar-refractivity contribution < 1.29 is 14.3 Å². The molecule has 1 unspecified atom stereocenters. The van der Waals surface area contributed by atoms with Gasteiger partial charge in [-0.25, -0.2) is 9.97 Å². The van der Waals surface area contributed by atoms with E-state index in [1.54, 1.807) is 17.8 Å². The van der Waals surface area contributed by atoms with Gasteiger partial charge in [-0.15, -0.1) is 0 Å². The highest BCUT2D eigenvalue weighted by molar-refractivity contribution is 5.91. The van der Waals surface area contributed by atoms with Crippen molar-refractivity contribution in [2.75, 3.05) is 39.5 Å². The molecule has 0 N–H and O–H groups in total. The lowest BCUT2D eigenvalue weighted by molar-refractivity contribution is -0.0548. The number of carbonyl (C=O) groups is 1. The van der Waals surface area contributed by atoms with Crippen molar-refractivity contribution in [3.05, 3.63) is 100 Å². The number of ketones is 1. The normalized spacial score (nSPS) is 20.4. The fourth-order valence-corrected chi connectivity index (χ4v) is 7.41. The van der Waals surface area contributed by atoms with Crippen LogP contribution in [0.15, 0.2) is 66.4 Å². The molecule has 6 nitrogen and oxygen atoms in total. The maximum atomic E-state index is 11.2. The Morgan fingerprint density at radius 1 is 0.915 bits per heavy atom. The summed E-state index contributed by atoms with van der Waals surface area (Å²) in [4.78, 5) is 22.3. The third-order valence-electron chi connectivity index (χ3n) is 9.96. The third-order valence-corrected chi connectivity index (χ3v) is 9.96. The highest BCUT2D eigenvalue weighted by Crippen LogP contribution is 2.54. The number of allylic oxidation sites excluding steroid dienone is 1. The lowest BCUT2D eigenvalue weighted by atomic mass is 9.59. The zero-order valence-electron chi connectivity index (χ0n) is 29.6. The molecule has 47 heavy (non-hydrogen) atoms. The Morgan fingerprint density at radius 2 is 1.55 bits per heavy atom. The molecule has 2 aromatic carbocycles. The van der Waals surface area contributed by atoms with Crippen LogP contribution in [0.1, 0.15) is 124 Å². The molecule has 0 bridgehead atoms. The third kappa shape index (κ3) is 8.84. The van der Waals surface area contributed by atoms with Gasteiger partial charge in [0.1, 0.15) is 11.5 Å². The highest BCUT2D eigenvalue weighted by Gasteiger charge is 2.51. The summed E-state index contributed by atoms with van der Waals surface area (Å²) in [5.41, 5.74) is 9.66. The number of nitrogens with zero attached hydrogens (tertiary/aromatic N) is 3. The first kappa shape index (κ1) is 35.1. The predicted molar refractivity (Wildman–Crippen MR) is 191 cm³/mol. The fraction of sp³-hybridized carbons (Fsp3) is 0.537. The minimum Gasteiger partial charge on any atom is -0.381 e. The average Bonchev–Trinajstić information content (AvgIpc) is 3.59. The van der Waals surface area contributed by atoms with Crippen LogP contribution in [-0.2, 0) is 9.47 Å². The number of ether oxygens (including phenoxy) is 2. The van der Waals surface area contributed by atoms with Gasteiger partial charge in [0.15, 0.2) is 5.78 Å². The highest BCUT2D eigenvalue weighted by atomic mass is 16.5. The maximum absolute atomic E-state index is 11.2. The zero-order valence-corrected chi connectivity index (χ0v) is 29.6. The van der Waals surface area contributed by atoms with Gasteiger partial charge in [-0.1, -0.05) is 87.4 Å². The second-order valence-electron chi connectivity index (χ2n) is 14.0. The zero-order chi connectivity index (χ0) is 33.4. The minimum absolute atomic E-state index is 0.00860. The van der Waals surface area contributed by atoms with E-state index in [-0.39, 0.29) is 5.78 Å². The molecule has 252 valence electrons. The van der Waals surface area contributed by atoms with Crippen LogP contribution in [0.5, 0.6) is 0 Å². The molecule has 1 aliphatic carbocycles. The maximum Gasteiger partial charge on any atom is 0.178 e. The summed E-state index contributed by atoms with van der Waals surface area (Å²) >= 11 is 0. The van der Waals surface area contributed by atoms with E-state index in [0.717, 1.165) is 45.0 Å². The van der Waals surface area contributed by atoms with Crippen LogP contribution in [0.3, 0.4) is 0 Å². The van der Waals surface area contributed by atoms with Crippen molar-refractivity contribution >= 4 is 11.4 Å². The first-order chi connectivity index (χ1) is 22.8. The van der Waals surface area contributed by atoms with E-state index in [4.69, 9.17) is 9.47 Å². The molecule has 0 amide bonds. The Balaban J connectivity index is 0.000000214. The Morgan fingerprint density at radius 3 is 2.13 bits per heavy atom. The second kappa shape index (κ2) is 16.3. The van der Waals surface area contributed by atoms with Crippen molar-refractivity contribution in [2.45, 2.75) is 98.0 Å². The van der Waals surface area contributed by atoms with Crippen LogP contribution in [0, 0.1) is 12.3 Å².